The van der Waals surface area contributed by atoms with Crippen LogP contribution in [0.4, 0.5) is 4.39 Å². The fraction of sp³-hybridized carbons (Fsp3) is 0.318. The Balaban J connectivity index is 1.57. The number of hydrogen-bond acceptors (Lipinski definition) is 5. The van der Waals surface area contributed by atoms with E-state index in [9.17, 15) is 9.18 Å². The number of halogens is 1. The molecule has 1 aliphatic heterocycles. The van der Waals surface area contributed by atoms with Crippen molar-refractivity contribution >= 4 is 17.7 Å². The molecule has 1 atom stereocenters. The smallest absolute Gasteiger partial charge is 0.233 e. The maximum Gasteiger partial charge on any atom is 0.233 e. The molecule has 1 saturated heterocycles. The van der Waals surface area contributed by atoms with Crippen molar-refractivity contribution in [2.24, 2.45) is 0 Å². The minimum atomic E-state index is -0.305. The Bertz CT molecular complexity index is 994. The zero-order valence-electron chi connectivity index (χ0n) is 16.7. The Morgan fingerprint density at radius 1 is 1.17 bits per heavy atom. The molecule has 8 heteroatoms. The van der Waals surface area contributed by atoms with Gasteiger partial charge in [0.1, 0.15) is 5.82 Å². The number of aromatic nitrogens is 3. The molecular formula is C22H23FN4O2S. The molecule has 6 nitrogen and oxygen atoms in total. The number of nitrogens with zero attached hydrogens (tertiary/aromatic N) is 4. The third-order valence-corrected chi connectivity index (χ3v) is 5.94. The molecule has 1 fully saturated rings. The lowest BCUT2D eigenvalue weighted by atomic mass is 10.2. The van der Waals surface area contributed by atoms with Crippen LogP contribution < -0.4 is 0 Å². The first-order valence-electron chi connectivity index (χ1n) is 9.94. The molecule has 1 unspecified atom stereocenters. The number of hydrogen-bond donors (Lipinski definition) is 0. The Morgan fingerprint density at radius 3 is 2.67 bits per heavy atom. The van der Waals surface area contributed by atoms with Crippen LogP contribution in [-0.2, 0) is 9.53 Å². The van der Waals surface area contributed by atoms with Gasteiger partial charge in [0.15, 0.2) is 11.0 Å². The van der Waals surface area contributed by atoms with Gasteiger partial charge in [-0.05, 0) is 42.8 Å². The summed E-state index contributed by atoms with van der Waals surface area (Å²) in [6.07, 6.45) is 0.992. The lowest BCUT2D eigenvalue weighted by molar-refractivity contribution is -0.135. The van der Waals surface area contributed by atoms with Crippen molar-refractivity contribution in [1.29, 1.82) is 0 Å². The first-order chi connectivity index (χ1) is 14.7. The third kappa shape index (κ3) is 4.55. The topological polar surface area (TPSA) is 60.2 Å². The van der Waals surface area contributed by atoms with Crippen molar-refractivity contribution in [3.8, 4) is 17.1 Å². The van der Waals surface area contributed by atoms with Gasteiger partial charge in [-0.25, -0.2) is 4.39 Å². The van der Waals surface area contributed by atoms with Crippen molar-refractivity contribution < 1.29 is 13.9 Å². The second kappa shape index (κ2) is 9.40. The highest BCUT2D eigenvalue weighted by molar-refractivity contribution is 7.99. The van der Waals surface area contributed by atoms with Gasteiger partial charge >= 0.3 is 0 Å². The fourth-order valence-corrected chi connectivity index (χ4v) is 4.22. The van der Waals surface area contributed by atoms with Gasteiger partial charge in [-0.3, -0.25) is 9.36 Å². The largest absolute Gasteiger partial charge is 0.375 e. The highest BCUT2D eigenvalue weighted by atomic mass is 32.2. The first-order valence-corrected chi connectivity index (χ1v) is 10.9. The van der Waals surface area contributed by atoms with Crippen LogP contribution in [0.5, 0.6) is 0 Å². The van der Waals surface area contributed by atoms with E-state index in [1.165, 1.54) is 23.9 Å². The number of para-hydroxylation sites is 1. The van der Waals surface area contributed by atoms with Crippen LogP contribution in [0.1, 0.15) is 13.3 Å². The summed E-state index contributed by atoms with van der Waals surface area (Å²) in [5, 5.41) is 9.28. The number of ether oxygens (including phenoxy) is 1. The number of thioether (sulfide) groups is 1. The van der Waals surface area contributed by atoms with E-state index in [1.54, 1.807) is 12.1 Å². The van der Waals surface area contributed by atoms with Crippen LogP contribution in [0.2, 0.25) is 0 Å². The Kier molecular flexibility index (Phi) is 6.44. The molecule has 4 rings (SSSR count). The molecule has 30 heavy (non-hydrogen) atoms. The van der Waals surface area contributed by atoms with E-state index in [-0.39, 0.29) is 23.6 Å². The summed E-state index contributed by atoms with van der Waals surface area (Å²) in [4.78, 5) is 14.6. The maximum absolute atomic E-state index is 13.4. The van der Waals surface area contributed by atoms with Gasteiger partial charge in [0.05, 0.1) is 18.5 Å². The van der Waals surface area contributed by atoms with Crippen molar-refractivity contribution in [2.75, 3.05) is 25.4 Å². The van der Waals surface area contributed by atoms with Crippen molar-refractivity contribution in [2.45, 2.75) is 24.6 Å². The molecular weight excluding hydrogens is 403 g/mol. The molecule has 2 aromatic carbocycles. The van der Waals surface area contributed by atoms with Gasteiger partial charge in [0, 0.05) is 24.3 Å². The molecule has 1 aliphatic rings. The van der Waals surface area contributed by atoms with Crippen LogP contribution in [0.15, 0.2) is 59.8 Å². The molecule has 0 N–H and O–H groups in total. The second-order valence-corrected chi connectivity index (χ2v) is 7.96. The molecule has 156 valence electrons. The minimum Gasteiger partial charge on any atom is -0.375 e. The summed E-state index contributed by atoms with van der Waals surface area (Å²) in [5.41, 5.74) is 1.64. The molecule has 0 saturated carbocycles. The highest BCUT2D eigenvalue weighted by Crippen LogP contribution is 2.28. The molecule has 3 aromatic rings. The SMILES string of the molecule is CCC1CN(C(=O)CSc2nnc(-c3ccc(F)cc3)n2-c2ccccc2)CCO1. The summed E-state index contributed by atoms with van der Waals surface area (Å²) in [6.45, 7) is 3.88. The molecule has 1 aromatic heterocycles. The van der Waals surface area contributed by atoms with Crippen molar-refractivity contribution in [1.82, 2.24) is 19.7 Å². The van der Waals surface area contributed by atoms with Gasteiger partial charge in [-0.2, -0.15) is 0 Å². The quantitative estimate of drug-likeness (QED) is 0.561. The average molecular weight is 427 g/mol. The normalized spacial score (nSPS) is 16.6. The Hall–Kier alpha value is -2.71. The van der Waals surface area contributed by atoms with Crippen LogP contribution in [-0.4, -0.2) is 57.1 Å². The Labute approximate surface area is 179 Å². The highest BCUT2D eigenvalue weighted by Gasteiger charge is 2.24. The van der Waals surface area contributed by atoms with Crippen LogP contribution in [0.3, 0.4) is 0 Å². The van der Waals surface area contributed by atoms with Crippen molar-refractivity contribution in [3.05, 3.63) is 60.4 Å². The lowest BCUT2D eigenvalue weighted by Gasteiger charge is -2.32. The standard InChI is InChI=1S/C22H23FN4O2S/c1-2-19-14-26(12-13-29-19)20(28)15-30-22-25-24-21(16-8-10-17(23)11-9-16)27(22)18-6-4-3-5-7-18/h3-11,19H,2,12-15H2,1H3. The zero-order valence-corrected chi connectivity index (χ0v) is 17.5. The number of rotatable bonds is 6. The number of carbonyl (C=O) groups is 1. The van der Waals surface area contributed by atoms with Gasteiger partial charge in [-0.1, -0.05) is 36.9 Å². The van der Waals surface area contributed by atoms with E-state index in [4.69, 9.17) is 4.74 Å². The van der Waals surface area contributed by atoms with Crippen LogP contribution in [0.25, 0.3) is 17.1 Å². The predicted octanol–water partition coefficient (Wildman–Crippen LogP) is 3.80. The van der Waals surface area contributed by atoms with Crippen LogP contribution >= 0.6 is 11.8 Å². The first kappa shape index (κ1) is 20.6. The molecule has 2 heterocycles. The number of morpholine rings is 1. The van der Waals surface area contributed by atoms with Gasteiger partial charge in [-0.15, -0.1) is 10.2 Å². The van der Waals surface area contributed by atoms with E-state index >= 15 is 0 Å². The van der Waals surface area contributed by atoms with E-state index < -0.39 is 0 Å². The summed E-state index contributed by atoms with van der Waals surface area (Å²) in [5.74, 6) is 0.632. The van der Waals surface area contributed by atoms with Gasteiger partial charge < -0.3 is 9.64 Å². The van der Waals surface area contributed by atoms with Crippen LogP contribution in [0, 0.1) is 5.82 Å². The average Bonchev–Trinajstić information content (AvgIpc) is 3.22. The van der Waals surface area contributed by atoms with E-state index in [1.807, 2.05) is 39.8 Å². The van der Waals surface area contributed by atoms with Gasteiger partial charge in [0.2, 0.25) is 5.91 Å². The molecule has 0 spiro atoms. The zero-order chi connectivity index (χ0) is 20.9. The summed E-state index contributed by atoms with van der Waals surface area (Å²) in [6, 6.07) is 15.9. The maximum atomic E-state index is 13.4. The molecule has 0 bridgehead atoms. The predicted molar refractivity (Wildman–Crippen MR) is 114 cm³/mol. The minimum absolute atomic E-state index is 0.0627. The second-order valence-electron chi connectivity index (χ2n) is 7.01. The summed E-state index contributed by atoms with van der Waals surface area (Å²) >= 11 is 1.35. The number of benzene rings is 2. The molecule has 1 amide bonds. The summed E-state index contributed by atoms with van der Waals surface area (Å²) in [7, 11) is 0. The number of carbonyl (C=O) groups excluding carboxylic acids is 1. The van der Waals surface area contributed by atoms with E-state index in [0.717, 1.165) is 17.7 Å². The molecule has 0 radical (unpaired) electrons. The lowest BCUT2D eigenvalue weighted by Crippen LogP contribution is -2.46. The van der Waals surface area contributed by atoms with E-state index in [2.05, 4.69) is 17.1 Å². The summed E-state index contributed by atoms with van der Waals surface area (Å²) < 4.78 is 20.9. The fourth-order valence-electron chi connectivity index (χ4n) is 3.37. The van der Waals surface area contributed by atoms with Gasteiger partial charge in [0.25, 0.3) is 0 Å². The molecule has 0 aliphatic carbocycles. The Morgan fingerprint density at radius 2 is 1.93 bits per heavy atom. The number of amides is 1. The van der Waals surface area contributed by atoms with E-state index in [0.29, 0.717) is 30.7 Å². The van der Waals surface area contributed by atoms with Crippen molar-refractivity contribution in [3.63, 3.8) is 0 Å². The third-order valence-electron chi connectivity index (χ3n) is 5.02. The monoisotopic (exact) mass is 426 g/mol.